The van der Waals surface area contributed by atoms with Gasteiger partial charge in [-0.15, -0.1) is 45.9 Å². The average molecular weight is 389 g/mol. The first kappa shape index (κ1) is 16.4. The molecule has 9 heteroatoms. The minimum absolute atomic E-state index is 0.0324. The fourth-order valence-electron chi connectivity index (χ4n) is 1.82. The van der Waals surface area contributed by atoms with Crippen LogP contribution in [0.2, 0.25) is 0 Å². The number of fused-ring (bicyclic) bond motifs is 1. The first-order valence-corrected chi connectivity index (χ1v) is 9.10. The molecule has 23 heavy (non-hydrogen) atoms. The van der Waals surface area contributed by atoms with Crippen molar-refractivity contribution < 1.29 is 14.6 Å². The molecule has 0 unspecified atom stereocenters. The SMILES string of the molecule is O=C(O)c1csc(-c2nc3ccc(OCCC(Cl)Cl)cc3s2)n1. The fourth-order valence-corrected chi connectivity index (χ4v) is 3.82. The molecule has 1 N–H and O–H groups in total. The topological polar surface area (TPSA) is 72.3 Å². The number of carbonyl (C=O) groups is 1. The summed E-state index contributed by atoms with van der Waals surface area (Å²) in [4.78, 5) is 19.0. The van der Waals surface area contributed by atoms with Gasteiger partial charge in [0, 0.05) is 11.8 Å². The van der Waals surface area contributed by atoms with Crippen molar-refractivity contribution in [1.29, 1.82) is 0 Å². The molecule has 1 aromatic carbocycles. The van der Waals surface area contributed by atoms with Gasteiger partial charge < -0.3 is 9.84 Å². The molecule has 3 aromatic rings. The molecule has 0 aliphatic rings. The lowest BCUT2D eigenvalue weighted by Gasteiger charge is -2.05. The Morgan fingerprint density at radius 2 is 2.13 bits per heavy atom. The zero-order valence-corrected chi connectivity index (χ0v) is 14.7. The van der Waals surface area contributed by atoms with Crippen LogP contribution in [0.15, 0.2) is 23.6 Å². The maximum atomic E-state index is 10.9. The van der Waals surface area contributed by atoms with Crippen LogP contribution in [0.1, 0.15) is 16.9 Å². The maximum absolute atomic E-state index is 10.9. The molecule has 2 aromatic heterocycles. The van der Waals surface area contributed by atoms with Crippen molar-refractivity contribution in [2.24, 2.45) is 0 Å². The molecule has 0 aliphatic carbocycles. The Balaban J connectivity index is 1.82. The summed E-state index contributed by atoms with van der Waals surface area (Å²) in [5.74, 6) is -0.326. The van der Waals surface area contributed by atoms with E-state index in [1.165, 1.54) is 28.1 Å². The Bertz CT molecular complexity index is 848. The van der Waals surface area contributed by atoms with Crippen molar-refractivity contribution in [2.45, 2.75) is 11.3 Å². The molecule has 0 saturated heterocycles. The van der Waals surface area contributed by atoms with Gasteiger partial charge in [0.1, 0.15) is 10.6 Å². The second-order valence-corrected chi connectivity index (χ2v) is 7.69. The van der Waals surface area contributed by atoms with E-state index in [-0.39, 0.29) is 5.69 Å². The fraction of sp³-hybridized carbons (Fsp3) is 0.214. The van der Waals surface area contributed by atoms with E-state index < -0.39 is 10.8 Å². The van der Waals surface area contributed by atoms with Crippen LogP contribution in [-0.4, -0.2) is 32.5 Å². The van der Waals surface area contributed by atoms with E-state index in [9.17, 15) is 4.79 Å². The number of alkyl halides is 2. The number of carboxylic acid groups (broad SMARTS) is 1. The Hall–Kier alpha value is -1.41. The molecular weight excluding hydrogens is 379 g/mol. The van der Waals surface area contributed by atoms with E-state index in [0.717, 1.165) is 10.2 Å². The molecule has 0 fully saturated rings. The number of carboxylic acids is 1. The monoisotopic (exact) mass is 388 g/mol. The van der Waals surface area contributed by atoms with Crippen molar-refractivity contribution in [2.75, 3.05) is 6.61 Å². The molecule has 0 aliphatic heterocycles. The highest BCUT2D eigenvalue weighted by Crippen LogP contribution is 2.33. The number of ether oxygens (including phenoxy) is 1. The second-order valence-electron chi connectivity index (χ2n) is 4.52. The maximum Gasteiger partial charge on any atom is 0.355 e. The van der Waals surface area contributed by atoms with Crippen molar-refractivity contribution >= 4 is 62.1 Å². The highest BCUT2D eigenvalue weighted by atomic mass is 35.5. The molecule has 0 saturated carbocycles. The van der Waals surface area contributed by atoms with E-state index >= 15 is 0 Å². The summed E-state index contributed by atoms with van der Waals surface area (Å²) < 4.78 is 6.54. The van der Waals surface area contributed by atoms with Crippen LogP contribution in [0.4, 0.5) is 0 Å². The number of halogens is 2. The molecule has 0 radical (unpaired) electrons. The predicted octanol–water partition coefficient (Wildman–Crippen LogP) is 4.69. The van der Waals surface area contributed by atoms with Crippen molar-refractivity contribution in [1.82, 2.24) is 9.97 Å². The highest BCUT2D eigenvalue weighted by Gasteiger charge is 2.14. The van der Waals surface area contributed by atoms with Crippen molar-refractivity contribution in [3.8, 4) is 15.8 Å². The van der Waals surface area contributed by atoms with Gasteiger partial charge in [0.15, 0.2) is 15.7 Å². The second kappa shape index (κ2) is 7.00. The highest BCUT2D eigenvalue weighted by molar-refractivity contribution is 7.25. The van der Waals surface area contributed by atoms with E-state index in [1.807, 2.05) is 18.2 Å². The zero-order chi connectivity index (χ0) is 16.4. The Morgan fingerprint density at radius 3 is 2.83 bits per heavy atom. The molecule has 0 spiro atoms. The molecule has 2 heterocycles. The van der Waals surface area contributed by atoms with Gasteiger partial charge in [0.25, 0.3) is 0 Å². The number of aromatic carboxylic acids is 1. The first-order chi connectivity index (χ1) is 11.0. The van der Waals surface area contributed by atoms with E-state index in [2.05, 4.69) is 9.97 Å². The first-order valence-electron chi connectivity index (χ1n) is 6.53. The summed E-state index contributed by atoms with van der Waals surface area (Å²) in [6.45, 7) is 0.434. The normalized spacial score (nSPS) is 11.3. The van der Waals surface area contributed by atoms with Crippen LogP contribution < -0.4 is 4.74 Å². The van der Waals surface area contributed by atoms with E-state index in [1.54, 1.807) is 0 Å². The summed E-state index contributed by atoms with van der Waals surface area (Å²) in [6, 6.07) is 5.57. The third kappa shape index (κ3) is 3.92. The average Bonchev–Trinajstić information content (AvgIpc) is 3.13. The minimum Gasteiger partial charge on any atom is -0.493 e. The largest absolute Gasteiger partial charge is 0.493 e. The minimum atomic E-state index is -1.04. The third-order valence-corrected chi connectivity index (χ3v) is 5.31. The van der Waals surface area contributed by atoms with E-state index in [0.29, 0.717) is 28.8 Å². The number of hydrogen-bond acceptors (Lipinski definition) is 6. The molecule has 120 valence electrons. The van der Waals surface area contributed by atoms with Gasteiger partial charge in [0.2, 0.25) is 0 Å². The third-order valence-electron chi connectivity index (χ3n) is 2.87. The van der Waals surface area contributed by atoms with Gasteiger partial charge in [-0.25, -0.2) is 14.8 Å². The van der Waals surface area contributed by atoms with Gasteiger partial charge in [-0.1, -0.05) is 0 Å². The van der Waals surface area contributed by atoms with Crippen LogP contribution in [0.5, 0.6) is 5.75 Å². The van der Waals surface area contributed by atoms with Gasteiger partial charge in [-0.2, -0.15) is 0 Å². The molecule has 0 bridgehead atoms. The number of nitrogens with zero attached hydrogens (tertiary/aromatic N) is 2. The molecule has 0 amide bonds. The Morgan fingerprint density at radius 1 is 1.30 bits per heavy atom. The molecule has 0 atom stereocenters. The van der Waals surface area contributed by atoms with Gasteiger partial charge in [-0.05, 0) is 18.2 Å². The number of hydrogen-bond donors (Lipinski definition) is 1. The van der Waals surface area contributed by atoms with Gasteiger partial charge in [-0.3, -0.25) is 0 Å². The summed E-state index contributed by atoms with van der Waals surface area (Å²) in [5, 5.41) is 11.7. The lowest BCUT2D eigenvalue weighted by molar-refractivity contribution is 0.0691. The van der Waals surface area contributed by atoms with Crippen LogP contribution in [0, 0.1) is 0 Å². The number of rotatable bonds is 6. The quantitative estimate of drug-likeness (QED) is 0.620. The lowest BCUT2D eigenvalue weighted by atomic mass is 10.3. The lowest BCUT2D eigenvalue weighted by Crippen LogP contribution is -2.01. The Kier molecular flexibility index (Phi) is 5.01. The van der Waals surface area contributed by atoms with Gasteiger partial charge in [0.05, 0.1) is 16.8 Å². The van der Waals surface area contributed by atoms with Crippen LogP contribution >= 0.6 is 45.9 Å². The van der Waals surface area contributed by atoms with Gasteiger partial charge >= 0.3 is 5.97 Å². The van der Waals surface area contributed by atoms with Crippen LogP contribution in [-0.2, 0) is 0 Å². The summed E-state index contributed by atoms with van der Waals surface area (Å²) >= 11 is 14.0. The molecule has 3 rings (SSSR count). The van der Waals surface area contributed by atoms with Crippen molar-refractivity contribution in [3.05, 3.63) is 29.3 Å². The molecule has 5 nitrogen and oxygen atoms in total. The number of thiazole rings is 2. The standard InChI is InChI=1S/C14H10Cl2N2O3S2/c15-11(16)3-4-21-7-1-2-8-10(5-7)23-13(17-8)12-18-9(6-22-12)14(19)20/h1-2,5-6,11H,3-4H2,(H,19,20). The Labute approximate surface area is 149 Å². The summed E-state index contributed by atoms with van der Waals surface area (Å²) in [7, 11) is 0. The van der Waals surface area contributed by atoms with E-state index in [4.69, 9.17) is 33.0 Å². The predicted molar refractivity (Wildman–Crippen MR) is 93.3 cm³/mol. The number of aromatic nitrogens is 2. The number of benzene rings is 1. The van der Waals surface area contributed by atoms with Crippen LogP contribution in [0.3, 0.4) is 0 Å². The van der Waals surface area contributed by atoms with Crippen LogP contribution in [0.25, 0.3) is 20.2 Å². The zero-order valence-electron chi connectivity index (χ0n) is 11.5. The smallest absolute Gasteiger partial charge is 0.355 e. The molecular formula is C14H10Cl2N2O3S2. The van der Waals surface area contributed by atoms with Crippen molar-refractivity contribution in [3.63, 3.8) is 0 Å². The summed E-state index contributed by atoms with van der Waals surface area (Å²) in [5.41, 5.74) is 0.849. The summed E-state index contributed by atoms with van der Waals surface area (Å²) in [6.07, 6.45) is 0.548.